The second-order valence-corrected chi connectivity index (χ2v) is 2.71. The second kappa shape index (κ2) is 3.60. The van der Waals surface area contributed by atoms with E-state index in [9.17, 15) is 0 Å². The maximum Gasteiger partial charge on any atom is 0.107 e. The number of ether oxygens (including phenoxy) is 1. The molecule has 0 aromatic heterocycles. The summed E-state index contributed by atoms with van der Waals surface area (Å²) < 4.78 is 5.27. The van der Waals surface area contributed by atoms with Crippen molar-refractivity contribution in [2.75, 3.05) is 13.2 Å². The van der Waals surface area contributed by atoms with Crippen molar-refractivity contribution >= 4 is 0 Å². The lowest BCUT2D eigenvalue weighted by molar-refractivity contribution is -0.0118. The van der Waals surface area contributed by atoms with Gasteiger partial charge in [-0.05, 0) is 25.3 Å². The van der Waals surface area contributed by atoms with Crippen molar-refractivity contribution in [1.29, 1.82) is 0 Å². The molecule has 1 rings (SSSR count). The molecule has 0 spiro atoms. The summed E-state index contributed by atoms with van der Waals surface area (Å²) in [5, 5.41) is 0. The van der Waals surface area contributed by atoms with Crippen LogP contribution in [0.25, 0.3) is 0 Å². The maximum absolute atomic E-state index is 5.43. The van der Waals surface area contributed by atoms with Gasteiger partial charge >= 0.3 is 0 Å². The van der Waals surface area contributed by atoms with E-state index in [0.717, 1.165) is 19.4 Å². The molecule has 1 fully saturated rings. The first-order valence-corrected chi connectivity index (χ1v) is 3.62. The van der Waals surface area contributed by atoms with Crippen LogP contribution in [0.1, 0.15) is 12.8 Å². The Hall–Kier alpha value is -0.520. The standard InChI is InChI=1S/C8H13NO/c1-2-3-10-8-4-7(5-8)6-9/h1,7-8H,3-6,9H2. The van der Waals surface area contributed by atoms with Crippen molar-refractivity contribution in [3.63, 3.8) is 0 Å². The molecule has 0 aromatic rings. The van der Waals surface area contributed by atoms with Crippen LogP contribution in [0, 0.1) is 18.3 Å². The lowest BCUT2D eigenvalue weighted by Crippen LogP contribution is -2.35. The van der Waals surface area contributed by atoms with Gasteiger partial charge < -0.3 is 10.5 Å². The number of rotatable bonds is 3. The molecule has 1 aliphatic rings. The van der Waals surface area contributed by atoms with Crippen molar-refractivity contribution < 1.29 is 4.74 Å². The Morgan fingerprint density at radius 3 is 2.80 bits per heavy atom. The quantitative estimate of drug-likeness (QED) is 0.573. The van der Waals surface area contributed by atoms with Gasteiger partial charge in [0.15, 0.2) is 0 Å². The fourth-order valence-electron chi connectivity index (χ4n) is 1.17. The minimum atomic E-state index is 0.393. The first-order chi connectivity index (χ1) is 4.86. The third kappa shape index (κ3) is 1.73. The van der Waals surface area contributed by atoms with Gasteiger partial charge in [0.05, 0.1) is 6.10 Å². The number of hydrogen-bond acceptors (Lipinski definition) is 2. The van der Waals surface area contributed by atoms with Crippen molar-refractivity contribution in [2.45, 2.75) is 18.9 Å². The average Bonchev–Trinajstić information content (AvgIpc) is 1.86. The Morgan fingerprint density at radius 1 is 1.60 bits per heavy atom. The predicted molar refractivity (Wildman–Crippen MR) is 40.4 cm³/mol. The van der Waals surface area contributed by atoms with Crippen molar-refractivity contribution in [1.82, 2.24) is 0 Å². The summed E-state index contributed by atoms with van der Waals surface area (Å²) in [6, 6.07) is 0. The van der Waals surface area contributed by atoms with Gasteiger partial charge in [0.2, 0.25) is 0 Å². The van der Waals surface area contributed by atoms with Crippen LogP contribution in [0.15, 0.2) is 0 Å². The second-order valence-electron chi connectivity index (χ2n) is 2.71. The van der Waals surface area contributed by atoms with Crippen LogP contribution in [-0.2, 0) is 4.74 Å². The van der Waals surface area contributed by atoms with E-state index in [-0.39, 0.29) is 0 Å². The molecule has 1 saturated carbocycles. The summed E-state index contributed by atoms with van der Waals surface area (Å²) >= 11 is 0. The highest BCUT2D eigenvalue weighted by atomic mass is 16.5. The van der Waals surface area contributed by atoms with Crippen LogP contribution in [-0.4, -0.2) is 19.3 Å². The third-order valence-corrected chi connectivity index (χ3v) is 1.93. The molecule has 2 heteroatoms. The Balaban J connectivity index is 1.99. The van der Waals surface area contributed by atoms with Crippen LogP contribution >= 0.6 is 0 Å². The molecular weight excluding hydrogens is 126 g/mol. The van der Waals surface area contributed by atoms with E-state index in [1.165, 1.54) is 0 Å². The molecule has 0 amide bonds. The molecule has 2 nitrogen and oxygen atoms in total. The third-order valence-electron chi connectivity index (χ3n) is 1.93. The van der Waals surface area contributed by atoms with Crippen molar-refractivity contribution in [2.24, 2.45) is 11.7 Å². The normalized spacial score (nSPS) is 30.8. The molecule has 0 aliphatic heterocycles. The van der Waals surface area contributed by atoms with Gasteiger partial charge in [-0.3, -0.25) is 0 Å². The summed E-state index contributed by atoms with van der Waals surface area (Å²) in [5.74, 6) is 3.13. The summed E-state index contributed by atoms with van der Waals surface area (Å²) in [6.07, 6.45) is 7.61. The zero-order valence-electron chi connectivity index (χ0n) is 6.05. The van der Waals surface area contributed by atoms with Crippen LogP contribution < -0.4 is 5.73 Å². The topological polar surface area (TPSA) is 35.2 Å². The molecule has 2 N–H and O–H groups in total. The number of nitrogens with two attached hydrogens (primary N) is 1. The highest BCUT2D eigenvalue weighted by Gasteiger charge is 2.27. The van der Waals surface area contributed by atoms with E-state index < -0.39 is 0 Å². The zero-order chi connectivity index (χ0) is 7.40. The first kappa shape index (κ1) is 7.59. The summed E-state index contributed by atoms with van der Waals surface area (Å²) in [5.41, 5.74) is 5.43. The Morgan fingerprint density at radius 2 is 2.30 bits per heavy atom. The Bertz CT molecular complexity index is 133. The van der Waals surface area contributed by atoms with Gasteiger partial charge in [-0.15, -0.1) is 6.42 Å². The van der Waals surface area contributed by atoms with Crippen LogP contribution in [0.2, 0.25) is 0 Å². The predicted octanol–water partition coefficient (Wildman–Crippen LogP) is 0.373. The lowest BCUT2D eigenvalue weighted by Gasteiger charge is -2.33. The molecule has 10 heavy (non-hydrogen) atoms. The minimum Gasteiger partial charge on any atom is -0.366 e. The van der Waals surface area contributed by atoms with Gasteiger partial charge in [-0.25, -0.2) is 0 Å². The minimum absolute atomic E-state index is 0.393. The smallest absolute Gasteiger partial charge is 0.107 e. The fraction of sp³-hybridized carbons (Fsp3) is 0.750. The molecule has 0 unspecified atom stereocenters. The first-order valence-electron chi connectivity index (χ1n) is 3.62. The summed E-state index contributed by atoms with van der Waals surface area (Å²) in [6.45, 7) is 1.23. The van der Waals surface area contributed by atoms with Crippen LogP contribution in [0.5, 0.6) is 0 Å². The molecule has 0 aromatic carbocycles. The summed E-state index contributed by atoms with van der Waals surface area (Å²) in [7, 11) is 0. The molecule has 0 radical (unpaired) electrons. The number of hydrogen-bond donors (Lipinski definition) is 1. The molecule has 0 saturated heterocycles. The van der Waals surface area contributed by atoms with Crippen molar-refractivity contribution in [3.05, 3.63) is 0 Å². The van der Waals surface area contributed by atoms with Gasteiger partial charge in [0.25, 0.3) is 0 Å². The fourth-order valence-corrected chi connectivity index (χ4v) is 1.17. The SMILES string of the molecule is C#CCOC1CC(CN)C1. The van der Waals surface area contributed by atoms with Gasteiger partial charge in [0, 0.05) is 0 Å². The van der Waals surface area contributed by atoms with Crippen LogP contribution in [0.4, 0.5) is 0 Å². The molecular formula is C8H13NO. The largest absolute Gasteiger partial charge is 0.366 e. The van der Waals surface area contributed by atoms with E-state index in [1.807, 2.05) is 0 Å². The van der Waals surface area contributed by atoms with E-state index in [4.69, 9.17) is 16.9 Å². The zero-order valence-corrected chi connectivity index (χ0v) is 6.05. The van der Waals surface area contributed by atoms with E-state index in [1.54, 1.807) is 0 Å². The Labute approximate surface area is 61.7 Å². The average molecular weight is 139 g/mol. The monoisotopic (exact) mass is 139 g/mol. The summed E-state index contributed by atoms with van der Waals surface area (Å²) in [4.78, 5) is 0. The highest BCUT2D eigenvalue weighted by molar-refractivity contribution is 4.86. The van der Waals surface area contributed by atoms with E-state index in [2.05, 4.69) is 5.92 Å². The van der Waals surface area contributed by atoms with Crippen LogP contribution in [0.3, 0.4) is 0 Å². The molecule has 56 valence electrons. The van der Waals surface area contributed by atoms with Crippen molar-refractivity contribution in [3.8, 4) is 12.3 Å². The molecule has 0 heterocycles. The maximum atomic E-state index is 5.43. The van der Waals surface area contributed by atoms with Gasteiger partial charge in [-0.1, -0.05) is 5.92 Å². The van der Waals surface area contributed by atoms with E-state index in [0.29, 0.717) is 18.6 Å². The molecule has 0 atom stereocenters. The van der Waals surface area contributed by atoms with Gasteiger partial charge in [0.1, 0.15) is 6.61 Å². The number of terminal acetylenes is 1. The van der Waals surface area contributed by atoms with Gasteiger partial charge in [-0.2, -0.15) is 0 Å². The lowest BCUT2D eigenvalue weighted by atomic mass is 9.82. The molecule has 1 aliphatic carbocycles. The molecule has 0 bridgehead atoms. The highest BCUT2D eigenvalue weighted by Crippen LogP contribution is 2.28. The Kier molecular flexibility index (Phi) is 2.73. The van der Waals surface area contributed by atoms with E-state index >= 15 is 0 Å².